The molecule has 1 N–H and O–H groups in total. The molecule has 0 aliphatic carbocycles. The monoisotopic (exact) mass is 482 g/mol. The number of rotatable bonds is 9. The minimum Gasteiger partial charge on any atom is -0.507 e. The van der Waals surface area contributed by atoms with Gasteiger partial charge in [-0.3, -0.25) is 14.5 Å². The van der Waals surface area contributed by atoms with Gasteiger partial charge in [-0.05, 0) is 43.2 Å². The molecule has 0 spiro atoms. The van der Waals surface area contributed by atoms with Crippen molar-refractivity contribution < 1.29 is 28.6 Å². The standard InChI is InChI=1S/C27H31FN2O5/c1-2-16-35-20-10-8-19(9-11-20)25(31)23-24(21-6-3-4-7-22(21)28)30(27(33)26(23)32)13-5-12-29-14-17-34-18-15-29/h3-4,6-11,24,31H,2,5,12-18H2,1H3/t24-/m0/s1. The van der Waals surface area contributed by atoms with E-state index in [2.05, 4.69) is 4.90 Å². The minimum atomic E-state index is -1.00. The van der Waals surface area contributed by atoms with Gasteiger partial charge in [0.05, 0.1) is 31.4 Å². The number of likely N-dealkylation sites (tertiary alicyclic amines) is 1. The molecule has 0 radical (unpaired) electrons. The van der Waals surface area contributed by atoms with Crippen LogP contribution in [0.1, 0.15) is 36.9 Å². The van der Waals surface area contributed by atoms with Crippen LogP contribution in [0.4, 0.5) is 4.39 Å². The van der Waals surface area contributed by atoms with E-state index < -0.39 is 23.5 Å². The number of aliphatic hydroxyl groups is 1. The number of benzene rings is 2. The van der Waals surface area contributed by atoms with Gasteiger partial charge in [0.25, 0.3) is 11.7 Å². The molecular weight excluding hydrogens is 451 g/mol. The lowest BCUT2D eigenvalue weighted by atomic mass is 9.95. The lowest BCUT2D eigenvalue weighted by Crippen LogP contribution is -2.39. The number of morpholine rings is 1. The number of ether oxygens (including phenoxy) is 2. The number of aliphatic hydroxyl groups excluding tert-OH is 1. The van der Waals surface area contributed by atoms with Crippen LogP contribution in [-0.4, -0.2) is 72.6 Å². The smallest absolute Gasteiger partial charge is 0.295 e. The van der Waals surface area contributed by atoms with E-state index in [9.17, 15) is 19.1 Å². The van der Waals surface area contributed by atoms with Crippen molar-refractivity contribution in [3.05, 3.63) is 71.0 Å². The summed E-state index contributed by atoms with van der Waals surface area (Å²) in [5, 5.41) is 11.1. The molecule has 1 amide bonds. The molecular formula is C27H31FN2O5. The van der Waals surface area contributed by atoms with E-state index in [-0.39, 0.29) is 23.4 Å². The minimum absolute atomic E-state index is 0.103. The zero-order valence-corrected chi connectivity index (χ0v) is 19.9. The second kappa shape index (κ2) is 11.5. The summed E-state index contributed by atoms with van der Waals surface area (Å²) >= 11 is 0. The van der Waals surface area contributed by atoms with E-state index in [4.69, 9.17) is 9.47 Å². The summed E-state index contributed by atoms with van der Waals surface area (Å²) in [6, 6.07) is 11.7. The topological polar surface area (TPSA) is 79.3 Å². The van der Waals surface area contributed by atoms with Crippen molar-refractivity contribution in [3.63, 3.8) is 0 Å². The zero-order valence-electron chi connectivity index (χ0n) is 19.9. The fraction of sp³-hybridized carbons (Fsp3) is 0.407. The molecule has 2 saturated heterocycles. The fourth-order valence-corrected chi connectivity index (χ4v) is 4.50. The van der Waals surface area contributed by atoms with Gasteiger partial charge in [0.2, 0.25) is 0 Å². The maximum atomic E-state index is 14.9. The Bertz CT molecular complexity index is 1080. The van der Waals surface area contributed by atoms with Crippen LogP contribution in [0.25, 0.3) is 5.76 Å². The molecule has 8 heteroatoms. The van der Waals surface area contributed by atoms with Crippen molar-refractivity contribution in [2.45, 2.75) is 25.8 Å². The van der Waals surface area contributed by atoms with Crippen LogP contribution in [-0.2, 0) is 14.3 Å². The van der Waals surface area contributed by atoms with Gasteiger partial charge in [-0.1, -0.05) is 25.1 Å². The molecule has 0 unspecified atom stereocenters. The van der Waals surface area contributed by atoms with E-state index in [0.29, 0.717) is 37.6 Å². The maximum Gasteiger partial charge on any atom is 0.295 e. The van der Waals surface area contributed by atoms with Gasteiger partial charge >= 0.3 is 0 Å². The number of hydrogen-bond donors (Lipinski definition) is 1. The Morgan fingerprint density at radius 2 is 1.80 bits per heavy atom. The summed E-state index contributed by atoms with van der Waals surface area (Å²) in [5.74, 6) is -1.77. The molecule has 2 aliphatic rings. The highest BCUT2D eigenvalue weighted by molar-refractivity contribution is 6.46. The van der Waals surface area contributed by atoms with Gasteiger partial charge in [-0.2, -0.15) is 0 Å². The Morgan fingerprint density at radius 1 is 1.09 bits per heavy atom. The van der Waals surface area contributed by atoms with Gasteiger partial charge in [-0.15, -0.1) is 0 Å². The van der Waals surface area contributed by atoms with Crippen molar-refractivity contribution in [1.82, 2.24) is 9.80 Å². The van der Waals surface area contributed by atoms with Gasteiger partial charge < -0.3 is 19.5 Å². The third kappa shape index (κ3) is 5.55. The average Bonchev–Trinajstić information content (AvgIpc) is 3.13. The second-order valence-corrected chi connectivity index (χ2v) is 8.69. The first-order valence-electron chi connectivity index (χ1n) is 12.1. The van der Waals surface area contributed by atoms with Crippen molar-refractivity contribution in [2.75, 3.05) is 46.0 Å². The summed E-state index contributed by atoms with van der Waals surface area (Å²) in [6.07, 6.45) is 1.47. The van der Waals surface area contributed by atoms with Crippen LogP contribution < -0.4 is 4.74 Å². The Kier molecular flexibility index (Phi) is 8.15. The summed E-state index contributed by atoms with van der Waals surface area (Å²) in [4.78, 5) is 29.8. The summed E-state index contributed by atoms with van der Waals surface area (Å²) in [7, 11) is 0. The highest BCUT2D eigenvalue weighted by atomic mass is 19.1. The predicted octanol–water partition coefficient (Wildman–Crippen LogP) is 3.76. The van der Waals surface area contributed by atoms with Gasteiger partial charge in [-0.25, -0.2) is 4.39 Å². The van der Waals surface area contributed by atoms with Crippen molar-refractivity contribution in [1.29, 1.82) is 0 Å². The maximum absolute atomic E-state index is 14.9. The Labute approximate surface area is 204 Å². The van der Waals surface area contributed by atoms with Crippen LogP contribution in [0.5, 0.6) is 5.75 Å². The molecule has 2 aromatic rings. The van der Waals surface area contributed by atoms with Crippen LogP contribution in [0, 0.1) is 5.82 Å². The predicted molar refractivity (Wildman–Crippen MR) is 130 cm³/mol. The van der Waals surface area contributed by atoms with Gasteiger partial charge in [0.15, 0.2) is 0 Å². The quantitative estimate of drug-likeness (QED) is 0.333. The summed E-state index contributed by atoms with van der Waals surface area (Å²) in [6.45, 7) is 6.53. The number of ketones is 1. The van der Waals surface area contributed by atoms with E-state index >= 15 is 0 Å². The van der Waals surface area contributed by atoms with Crippen molar-refractivity contribution in [2.24, 2.45) is 0 Å². The van der Waals surface area contributed by atoms with Crippen LogP contribution in [0.2, 0.25) is 0 Å². The molecule has 2 aliphatic heterocycles. The van der Waals surface area contributed by atoms with E-state index in [0.717, 1.165) is 26.1 Å². The number of carbonyl (C=O) groups excluding carboxylic acids is 2. The van der Waals surface area contributed by atoms with Gasteiger partial charge in [0.1, 0.15) is 17.3 Å². The largest absolute Gasteiger partial charge is 0.507 e. The van der Waals surface area contributed by atoms with Crippen LogP contribution in [0.3, 0.4) is 0 Å². The summed E-state index contributed by atoms with van der Waals surface area (Å²) in [5.41, 5.74) is 0.442. The number of Topliss-reactive ketones (excluding diaryl/α,β-unsaturated/α-hetero) is 1. The number of nitrogens with zero attached hydrogens (tertiary/aromatic N) is 2. The molecule has 0 bridgehead atoms. The average molecular weight is 483 g/mol. The third-order valence-electron chi connectivity index (χ3n) is 6.32. The molecule has 186 valence electrons. The number of carbonyl (C=O) groups is 2. The number of hydrogen-bond acceptors (Lipinski definition) is 6. The van der Waals surface area contributed by atoms with E-state index in [1.807, 2.05) is 6.92 Å². The van der Waals surface area contributed by atoms with Crippen molar-refractivity contribution in [3.8, 4) is 5.75 Å². The number of halogens is 1. The Morgan fingerprint density at radius 3 is 2.49 bits per heavy atom. The van der Waals surface area contributed by atoms with Crippen LogP contribution in [0.15, 0.2) is 54.1 Å². The third-order valence-corrected chi connectivity index (χ3v) is 6.32. The first-order valence-corrected chi connectivity index (χ1v) is 12.1. The molecule has 2 heterocycles. The second-order valence-electron chi connectivity index (χ2n) is 8.69. The summed E-state index contributed by atoms with van der Waals surface area (Å²) < 4.78 is 25.9. The molecule has 0 aromatic heterocycles. The first-order chi connectivity index (χ1) is 17.0. The Hall–Kier alpha value is -3.23. The zero-order chi connectivity index (χ0) is 24.8. The highest BCUT2D eigenvalue weighted by Gasteiger charge is 2.46. The molecule has 0 saturated carbocycles. The van der Waals surface area contributed by atoms with E-state index in [1.54, 1.807) is 42.5 Å². The Balaban J connectivity index is 1.64. The lowest BCUT2D eigenvalue weighted by molar-refractivity contribution is -0.140. The molecule has 1 atom stereocenters. The molecule has 2 fully saturated rings. The molecule has 35 heavy (non-hydrogen) atoms. The van der Waals surface area contributed by atoms with Crippen molar-refractivity contribution >= 4 is 17.4 Å². The molecule has 7 nitrogen and oxygen atoms in total. The number of amides is 1. The normalized spacial score (nSPS) is 20.4. The highest BCUT2D eigenvalue weighted by Crippen LogP contribution is 2.40. The molecule has 4 rings (SSSR count). The first kappa shape index (κ1) is 24.9. The fourth-order valence-electron chi connectivity index (χ4n) is 4.50. The van der Waals surface area contributed by atoms with E-state index in [1.165, 1.54) is 11.0 Å². The van der Waals surface area contributed by atoms with Gasteiger partial charge in [0, 0.05) is 37.3 Å². The molecule has 2 aromatic carbocycles. The SMILES string of the molecule is CCCOc1ccc(C(O)=C2C(=O)C(=O)N(CCCN3CCOCC3)[C@H]2c2ccccc2F)cc1. The van der Waals surface area contributed by atoms with Crippen LogP contribution >= 0.6 is 0 Å². The lowest BCUT2D eigenvalue weighted by Gasteiger charge is -2.29.